The van der Waals surface area contributed by atoms with Crippen molar-refractivity contribution in [1.29, 1.82) is 0 Å². The second-order valence-corrected chi connectivity index (χ2v) is 7.46. The minimum atomic E-state index is 0.124. The van der Waals surface area contributed by atoms with Crippen LogP contribution in [-0.2, 0) is 6.54 Å². The Morgan fingerprint density at radius 3 is 2.61 bits per heavy atom. The van der Waals surface area contributed by atoms with Gasteiger partial charge in [-0.2, -0.15) is 11.8 Å². The van der Waals surface area contributed by atoms with Crippen molar-refractivity contribution in [2.24, 2.45) is 0 Å². The summed E-state index contributed by atoms with van der Waals surface area (Å²) < 4.78 is 0. The molecule has 0 atom stereocenters. The fraction of sp³-hybridized carbons (Fsp3) is 0.350. The van der Waals surface area contributed by atoms with Crippen LogP contribution in [0.3, 0.4) is 0 Å². The van der Waals surface area contributed by atoms with E-state index in [1.54, 1.807) is 0 Å². The van der Waals surface area contributed by atoms with Crippen LogP contribution in [0.15, 0.2) is 42.5 Å². The van der Waals surface area contributed by atoms with Crippen LogP contribution in [0.4, 0.5) is 0 Å². The number of thioether (sulfide) groups is 1. The van der Waals surface area contributed by atoms with E-state index in [9.17, 15) is 4.79 Å². The molecule has 1 aliphatic heterocycles. The van der Waals surface area contributed by atoms with E-state index in [2.05, 4.69) is 30.0 Å². The summed E-state index contributed by atoms with van der Waals surface area (Å²) in [6.07, 6.45) is 0. The summed E-state index contributed by atoms with van der Waals surface area (Å²) >= 11 is 2.02. The maximum Gasteiger partial charge on any atom is 0.193 e. The van der Waals surface area contributed by atoms with E-state index in [-0.39, 0.29) is 5.78 Å². The lowest BCUT2D eigenvalue weighted by atomic mass is 9.96. The number of rotatable bonds is 4. The summed E-state index contributed by atoms with van der Waals surface area (Å²) in [6, 6.07) is 14.1. The molecule has 0 saturated carbocycles. The van der Waals surface area contributed by atoms with E-state index in [4.69, 9.17) is 0 Å². The predicted molar refractivity (Wildman–Crippen MR) is 98.4 cm³/mol. The summed E-state index contributed by atoms with van der Waals surface area (Å²) in [7, 11) is 0. The number of hydrogen-bond donors (Lipinski definition) is 0. The van der Waals surface area contributed by atoms with Crippen LogP contribution in [0.25, 0.3) is 0 Å². The molecule has 120 valence electrons. The molecule has 1 fully saturated rings. The van der Waals surface area contributed by atoms with Gasteiger partial charge in [-0.15, -0.1) is 0 Å². The second-order valence-electron chi connectivity index (χ2n) is 6.24. The zero-order valence-corrected chi connectivity index (χ0v) is 14.7. The minimum Gasteiger partial charge on any atom is -0.297 e. The highest BCUT2D eigenvalue weighted by atomic mass is 32.2. The van der Waals surface area contributed by atoms with Crippen molar-refractivity contribution in [3.05, 3.63) is 70.3 Å². The van der Waals surface area contributed by atoms with Gasteiger partial charge in [0.2, 0.25) is 0 Å². The lowest BCUT2D eigenvalue weighted by Crippen LogP contribution is -2.32. The molecule has 2 aromatic rings. The number of benzene rings is 2. The largest absolute Gasteiger partial charge is 0.297 e. The van der Waals surface area contributed by atoms with Crippen LogP contribution >= 0.6 is 11.8 Å². The zero-order chi connectivity index (χ0) is 16.2. The van der Waals surface area contributed by atoms with Crippen LogP contribution in [0.5, 0.6) is 0 Å². The Kier molecular flexibility index (Phi) is 5.19. The van der Waals surface area contributed by atoms with Crippen molar-refractivity contribution in [3.63, 3.8) is 0 Å². The van der Waals surface area contributed by atoms with Crippen molar-refractivity contribution < 1.29 is 4.79 Å². The molecule has 2 aromatic carbocycles. The molecule has 0 unspecified atom stereocenters. The Bertz CT molecular complexity index is 705. The fourth-order valence-electron chi connectivity index (χ4n) is 3.05. The van der Waals surface area contributed by atoms with Crippen LogP contribution in [0.2, 0.25) is 0 Å². The maximum atomic E-state index is 12.8. The van der Waals surface area contributed by atoms with Crippen molar-refractivity contribution in [2.75, 3.05) is 24.6 Å². The molecule has 0 amide bonds. The monoisotopic (exact) mass is 325 g/mol. The number of carbonyl (C=O) groups is 1. The molecule has 0 aromatic heterocycles. The van der Waals surface area contributed by atoms with Crippen LogP contribution in [0.1, 0.15) is 32.6 Å². The second kappa shape index (κ2) is 7.33. The van der Waals surface area contributed by atoms with E-state index in [0.717, 1.165) is 36.3 Å². The standard InChI is InChI=1S/C20H23NOS/c1-15-6-7-19(16(2)12-15)20(22)18-5-3-4-17(13-18)14-21-8-10-23-11-9-21/h3-7,12-13H,8-11,14H2,1-2H3. The third kappa shape index (κ3) is 4.04. The number of carbonyl (C=O) groups excluding carboxylic acids is 1. The highest BCUT2D eigenvalue weighted by molar-refractivity contribution is 7.99. The van der Waals surface area contributed by atoms with E-state index >= 15 is 0 Å². The van der Waals surface area contributed by atoms with Gasteiger partial charge in [-0.3, -0.25) is 9.69 Å². The van der Waals surface area contributed by atoms with Gasteiger partial charge >= 0.3 is 0 Å². The fourth-order valence-corrected chi connectivity index (χ4v) is 4.03. The summed E-state index contributed by atoms with van der Waals surface area (Å²) in [5, 5.41) is 0. The Morgan fingerprint density at radius 2 is 1.87 bits per heavy atom. The van der Waals surface area contributed by atoms with Crippen LogP contribution in [0, 0.1) is 13.8 Å². The molecule has 0 radical (unpaired) electrons. The molecular weight excluding hydrogens is 302 g/mol. The first-order valence-electron chi connectivity index (χ1n) is 8.14. The van der Waals surface area contributed by atoms with Gasteiger partial charge in [0.1, 0.15) is 0 Å². The van der Waals surface area contributed by atoms with Gasteiger partial charge in [-0.1, -0.05) is 42.0 Å². The smallest absolute Gasteiger partial charge is 0.193 e. The summed E-state index contributed by atoms with van der Waals surface area (Å²) in [5.41, 5.74) is 5.07. The van der Waals surface area contributed by atoms with Crippen LogP contribution < -0.4 is 0 Å². The molecule has 23 heavy (non-hydrogen) atoms. The van der Waals surface area contributed by atoms with E-state index in [1.165, 1.54) is 22.6 Å². The van der Waals surface area contributed by atoms with Gasteiger partial charge in [-0.05, 0) is 31.0 Å². The average Bonchev–Trinajstić information content (AvgIpc) is 2.55. The van der Waals surface area contributed by atoms with Crippen LogP contribution in [-0.4, -0.2) is 35.3 Å². The maximum absolute atomic E-state index is 12.8. The van der Waals surface area contributed by atoms with Gasteiger partial charge in [-0.25, -0.2) is 0 Å². The van der Waals surface area contributed by atoms with Gasteiger partial charge in [0, 0.05) is 42.3 Å². The molecule has 0 N–H and O–H groups in total. The highest BCUT2D eigenvalue weighted by Gasteiger charge is 2.14. The number of aryl methyl sites for hydroxylation is 2. The number of ketones is 1. The molecule has 0 spiro atoms. The molecule has 1 saturated heterocycles. The molecular formula is C20H23NOS. The zero-order valence-electron chi connectivity index (χ0n) is 13.8. The predicted octanol–water partition coefficient (Wildman–Crippen LogP) is 4.08. The molecule has 3 heteroatoms. The Hall–Kier alpha value is -1.58. The Morgan fingerprint density at radius 1 is 1.09 bits per heavy atom. The SMILES string of the molecule is Cc1ccc(C(=O)c2cccc(CN3CCSCC3)c2)c(C)c1. The number of hydrogen-bond acceptors (Lipinski definition) is 3. The molecule has 1 heterocycles. The van der Waals surface area contributed by atoms with Crippen molar-refractivity contribution in [2.45, 2.75) is 20.4 Å². The van der Waals surface area contributed by atoms with Crippen molar-refractivity contribution in [1.82, 2.24) is 4.90 Å². The third-order valence-electron chi connectivity index (χ3n) is 4.33. The van der Waals surface area contributed by atoms with E-state index in [0.29, 0.717) is 0 Å². The normalized spacial score (nSPS) is 15.6. The van der Waals surface area contributed by atoms with Crippen molar-refractivity contribution in [3.8, 4) is 0 Å². The quantitative estimate of drug-likeness (QED) is 0.790. The van der Waals surface area contributed by atoms with Gasteiger partial charge in [0.15, 0.2) is 5.78 Å². The first kappa shape index (κ1) is 16.3. The first-order chi connectivity index (χ1) is 11.1. The lowest BCUT2D eigenvalue weighted by molar-refractivity contribution is 0.103. The number of nitrogens with zero attached hydrogens (tertiary/aromatic N) is 1. The third-order valence-corrected chi connectivity index (χ3v) is 5.27. The first-order valence-corrected chi connectivity index (χ1v) is 9.30. The minimum absolute atomic E-state index is 0.124. The lowest BCUT2D eigenvalue weighted by Gasteiger charge is -2.26. The van der Waals surface area contributed by atoms with Gasteiger partial charge in [0.05, 0.1) is 0 Å². The molecule has 3 rings (SSSR count). The van der Waals surface area contributed by atoms with Gasteiger partial charge < -0.3 is 0 Å². The van der Waals surface area contributed by atoms with Crippen molar-refractivity contribution >= 4 is 17.5 Å². The molecule has 1 aliphatic rings. The molecule has 0 bridgehead atoms. The van der Waals surface area contributed by atoms with Gasteiger partial charge in [0.25, 0.3) is 0 Å². The van der Waals surface area contributed by atoms with E-state index < -0.39 is 0 Å². The summed E-state index contributed by atoms with van der Waals surface area (Å²) in [4.78, 5) is 15.3. The average molecular weight is 325 g/mol. The molecule has 0 aliphatic carbocycles. The summed E-state index contributed by atoms with van der Waals surface area (Å²) in [5.74, 6) is 2.54. The topological polar surface area (TPSA) is 20.3 Å². The van der Waals surface area contributed by atoms with E-state index in [1.807, 2.05) is 43.0 Å². The summed E-state index contributed by atoms with van der Waals surface area (Å²) in [6.45, 7) is 7.28. The Balaban J connectivity index is 1.79. The molecule has 2 nitrogen and oxygen atoms in total. The highest BCUT2D eigenvalue weighted by Crippen LogP contribution is 2.18. The Labute approximate surface area is 142 Å².